The average molecular weight is 170 g/mol. The maximum Gasteiger partial charge on any atom is 0.302 e. The summed E-state index contributed by atoms with van der Waals surface area (Å²) in [4.78, 5) is 10.8. The van der Waals surface area contributed by atoms with Crippen molar-refractivity contribution < 1.29 is 9.53 Å². The molecule has 0 aromatic heterocycles. The molecule has 0 N–H and O–H groups in total. The Morgan fingerprint density at radius 3 is 2.17 bits per heavy atom. The average Bonchev–Trinajstić information content (AvgIpc) is 1.97. The number of carbonyl (C=O) groups excluding carboxylic acids is 1. The molecule has 0 spiro atoms. The number of rotatable bonds is 1. The lowest BCUT2D eigenvalue weighted by Gasteiger charge is -2.33. The molecule has 0 heterocycles. The van der Waals surface area contributed by atoms with Gasteiger partial charge in [0.25, 0.3) is 0 Å². The molecule has 1 saturated carbocycles. The highest BCUT2D eigenvalue weighted by molar-refractivity contribution is 5.66. The lowest BCUT2D eigenvalue weighted by atomic mass is 9.80. The lowest BCUT2D eigenvalue weighted by Crippen LogP contribution is -2.34. The van der Waals surface area contributed by atoms with Crippen LogP contribution in [0.4, 0.5) is 0 Å². The van der Waals surface area contributed by atoms with Crippen molar-refractivity contribution in [3.63, 3.8) is 0 Å². The number of esters is 1. The van der Waals surface area contributed by atoms with Crippen LogP contribution in [0.5, 0.6) is 0 Å². The van der Waals surface area contributed by atoms with E-state index in [4.69, 9.17) is 4.74 Å². The molecule has 12 heavy (non-hydrogen) atoms. The second-order valence-corrected chi connectivity index (χ2v) is 3.96. The van der Waals surface area contributed by atoms with Gasteiger partial charge in [0.05, 0.1) is 0 Å². The first kappa shape index (κ1) is 9.56. The van der Waals surface area contributed by atoms with Crippen molar-refractivity contribution in [1.82, 2.24) is 0 Å². The molecule has 2 nitrogen and oxygen atoms in total. The minimum Gasteiger partial charge on any atom is -0.462 e. The molecule has 70 valence electrons. The van der Waals surface area contributed by atoms with E-state index < -0.39 is 0 Å². The molecule has 0 aromatic rings. The van der Waals surface area contributed by atoms with Gasteiger partial charge in [-0.15, -0.1) is 0 Å². The van der Waals surface area contributed by atoms with Crippen molar-refractivity contribution in [3.8, 4) is 0 Å². The minimum absolute atomic E-state index is 0.138. The second kappa shape index (κ2) is 3.92. The Kier molecular flexibility index (Phi) is 3.12. The molecule has 2 atom stereocenters. The van der Waals surface area contributed by atoms with Crippen molar-refractivity contribution in [2.75, 3.05) is 0 Å². The summed E-state index contributed by atoms with van der Waals surface area (Å²) >= 11 is 0. The van der Waals surface area contributed by atoms with Crippen LogP contribution in [0.1, 0.15) is 40.0 Å². The third kappa shape index (κ3) is 2.23. The highest BCUT2D eigenvalue weighted by atomic mass is 16.5. The van der Waals surface area contributed by atoms with Crippen LogP contribution in [0.15, 0.2) is 0 Å². The van der Waals surface area contributed by atoms with Gasteiger partial charge in [-0.05, 0) is 24.7 Å². The molecule has 2 unspecified atom stereocenters. The number of hydrogen-bond donors (Lipinski definition) is 0. The Balaban J connectivity index is 2.50. The summed E-state index contributed by atoms with van der Waals surface area (Å²) < 4.78 is 5.28. The van der Waals surface area contributed by atoms with E-state index in [-0.39, 0.29) is 12.1 Å². The summed E-state index contributed by atoms with van der Waals surface area (Å²) in [6, 6.07) is 0. The predicted octanol–water partition coefficient (Wildman–Crippen LogP) is 2.37. The van der Waals surface area contributed by atoms with E-state index in [1.54, 1.807) is 0 Å². The minimum atomic E-state index is -0.138. The van der Waals surface area contributed by atoms with E-state index in [1.807, 2.05) is 0 Å². The van der Waals surface area contributed by atoms with Gasteiger partial charge in [0.2, 0.25) is 0 Å². The molecule has 0 aromatic carbocycles. The van der Waals surface area contributed by atoms with Gasteiger partial charge in [0.1, 0.15) is 6.10 Å². The van der Waals surface area contributed by atoms with Crippen LogP contribution in [-0.4, -0.2) is 12.1 Å². The zero-order valence-electron chi connectivity index (χ0n) is 8.17. The zero-order chi connectivity index (χ0) is 9.14. The molecule has 2 heteroatoms. The van der Waals surface area contributed by atoms with Crippen molar-refractivity contribution >= 4 is 5.97 Å². The van der Waals surface area contributed by atoms with Gasteiger partial charge in [-0.2, -0.15) is 0 Å². The van der Waals surface area contributed by atoms with Gasteiger partial charge in [-0.3, -0.25) is 4.79 Å². The van der Waals surface area contributed by atoms with Gasteiger partial charge in [-0.1, -0.05) is 20.3 Å². The zero-order valence-corrected chi connectivity index (χ0v) is 8.17. The Bertz CT molecular complexity index is 155. The molecule has 0 saturated heterocycles. The first-order chi connectivity index (χ1) is 5.61. The fraction of sp³-hybridized carbons (Fsp3) is 0.900. The molecule has 1 aliphatic rings. The Morgan fingerprint density at radius 2 is 1.75 bits per heavy atom. The lowest BCUT2D eigenvalue weighted by molar-refractivity contribution is -0.153. The topological polar surface area (TPSA) is 26.3 Å². The number of carbonyl (C=O) groups is 1. The SMILES string of the molecule is CC(=O)OC1C(C)CCCC1C. The van der Waals surface area contributed by atoms with E-state index in [0.29, 0.717) is 11.8 Å². The van der Waals surface area contributed by atoms with Crippen molar-refractivity contribution in [1.29, 1.82) is 0 Å². The first-order valence-corrected chi connectivity index (χ1v) is 4.78. The Morgan fingerprint density at radius 1 is 1.25 bits per heavy atom. The molecule has 1 rings (SSSR count). The van der Waals surface area contributed by atoms with Gasteiger partial charge in [0, 0.05) is 6.92 Å². The van der Waals surface area contributed by atoms with Crippen LogP contribution >= 0.6 is 0 Å². The van der Waals surface area contributed by atoms with Gasteiger partial charge in [-0.25, -0.2) is 0 Å². The third-order valence-electron chi connectivity index (χ3n) is 2.74. The molecular formula is C10H18O2. The summed E-state index contributed by atoms with van der Waals surface area (Å²) in [5.41, 5.74) is 0. The van der Waals surface area contributed by atoms with Crippen LogP contribution in [0, 0.1) is 11.8 Å². The fourth-order valence-corrected chi connectivity index (χ4v) is 2.08. The number of ether oxygens (including phenoxy) is 1. The highest BCUT2D eigenvalue weighted by Gasteiger charge is 2.29. The summed E-state index contributed by atoms with van der Waals surface area (Å²) in [7, 11) is 0. The molecule has 0 amide bonds. The van der Waals surface area contributed by atoms with Crippen LogP contribution in [0.2, 0.25) is 0 Å². The standard InChI is InChI=1S/C10H18O2/c1-7-5-4-6-8(2)10(7)12-9(3)11/h7-8,10H,4-6H2,1-3H3. The van der Waals surface area contributed by atoms with Crippen molar-refractivity contribution in [3.05, 3.63) is 0 Å². The van der Waals surface area contributed by atoms with Crippen molar-refractivity contribution in [2.24, 2.45) is 11.8 Å². The normalized spacial score (nSPS) is 36.1. The first-order valence-electron chi connectivity index (χ1n) is 4.78. The maximum atomic E-state index is 10.8. The summed E-state index contributed by atoms with van der Waals surface area (Å²) in [5, 5.41) is 0. The molecule has 0 aliphatic heterocycles. The molecule has 1 fully saturated rings. The van der Waals surface area contributed by atoms with E-state index >= 15 is 0 Å². The molecule has 1 aliphatic carbocycles. The summed E-state index contributed by atoms with van der Waals surface area (Å²) in [5.74, 6) is 0.941. The fourth-order valence-electron chi connectivity index (χ4n) is 2.08. The smallest absolute Gasteiger partial charge is 0.302 e. The quantitative estimate of drug-likeness (QED) is 0.565. The van der Waals surface area contributed by atoms with Crippen LogP contribution in [-0.2, 0) is 9.53 Å². The van der Waals surface area contributed by atoms with Gasteiger partial charge < -0.3 is 4.74 Å². The second-order valence-electron chi connectivity index (χ2n) is 3.96. The summed E-state index contributed by atoms with van der Waals surface area (Å²) in [6.07, 6.45) is 3.83. The van der Waals surface area contributed by atoms with E-state index in [9.17, 15) is 4.79 Å². The number of hydrogen-bond acceptors (Lipinski definition) is 2. The molecule has 0 bridgehead atoms. The van der Waals surface area contributed by atoms with Crippen LogP contribution in [0.3, 0.4) is 0 Å². The Labute approximate surface area is 74.3 Å². The van der Waals surface area contributed by atoms with Gasteiger partial charge in [0.15, 0.2) is 0 Å². The summed E-state index contributed by atoms with van der Waals surface area (Å²) in [6.45, 7) is 5.83. The third-order valence-corrected chi connectivity index (χ3v) is 2.74. The monoisotopic (exact) mass is 170 g/mol. The van der Waals surface area contributed by atoms with Crippen LogP contribution < -0.4 is 0 Å². The molecular weight excluding hydrogens is 152 g/mol. The van der Waals surface area contributed by atoms with Gasteiger partial charge >= 0.3 is 5.97 Å². The van der Waals surface area contributed by atoms with E-state index in [0.717, 1.165) is 0 Å². The Hall–Kier alpha value is -0.530. The maximum absolute atomic E-state index is 10.8. The highest BCUT2D eigenvalue weighted by Crippen LogP contribution is 2.31. The largest absolute Gasteiger partial charge is 0.462 e. The molecule has 0 radical (unpaired) electrons. The van der Waals surface area contributed by atoms with E-state index in [2.05, 4.69) is 13.8 Å². The van der Waals surface area contributed by atoms with Crippen LogP contribution in [0.25, 0.3) is 0 Å². The predicted molar refractivity (Wildman–Crippen MR) is 47.7 cm³/mol. The van der Waals surface area contributed by atoms with E-state index in [1.165, 1.54) is 26.2 Å². The van der Waals surface area contributed by atoms with Crippen molar-refractivity contribution in [2.45, 2.75) is 46.1 Å².